The van der Waals surface area contributed by atoms with E-state index in [2.05, 4.69) is 29.8 Å². The van der Waals surface area contributed by atoms with E-state index in [0.717, 1.165) is 17.5 Å². The molecule has 0 bridgehead atoms. The van der Waals surface area contributed by atoms with Crippen molar-refractivity contribution in [1.82, 2.24) is 16.0 Å². The summed E-state index contributed by atoms with van der Waals surface area (Å²) < 4.78 is 5.72. The third-order valence-corrected chi connectivity index (χ3v) is 7.00. The first-order valence-electron chi connectivity index (χ1n) is 14.7. The van der Waals surface area contributed by atoms with Gasteiger partial charge in [0.05, 0.1) is 25.2 Å². The molecule has 0 saturated heterocycles. The van der Waals surface area contributed by atoms with Crippen LogP contribution in [0, 0.1) is 18.8 Å². The number of amides is 3. The fourth-order valence-electron chi connectivity index (χ4n) is 4.61. The van der Waals surface area contributed by atoms with E-state index in [0.29, 0.717) is 24.5 Å². The van der Waals surface area contributed by atoms with Gasteiger partial charge in [0, 0.05) is 13.0 Å². The van der Waals surface area contributed by atoms with Gasteiger partial charge in [0.25, 0.3) is 0 Å². The van der Waals surface area contributed by atoms with Crippen molar-refractivity contribution in [3.63, 3.8) is 0 Å². The Bertz CT molecular complexity index is 1070. The molecular weight excluding hydrogens is 518 g/mol. The summed E-state index contributed by atoms with van der Waals surface area (Å²) in [4.78, 5) is 37.8. The first-order valence-corrected chi connectivity index (χ1v) is 14.7. The number of carbonyl (C=O) groups is 3. The average Bonchev–Trinajstić information content (AvgIpc) is 2.91. The number of ether oxygens (including phenoxy) is 1. The lowest BCUT2D eigenvalue weighted by Crippen LogP contribution is -2.53. The Morgan fingerprint density at radius 2 is 1.54 bits per heavy atom. The summed E-state index contributed by atoms with van der Waals surface area (Å²) in [7, 11) is 0. The molecule has 0 heterocycles. The minimum Gasteiger partial charge on any atom is -0.493 e. The lowest BCUT2D eigenvalue weighted by atomic mass is 9.92. The number of carbonyl (C=O) groups excluding carboxylic acids is 3. The highest BCUT2D eigenvalue weighted by Crippen LogP contribution is 2.17. The highest BCUT2D eigenvalue weighted by Gasteiger charge is 2.29. The molecule has 4 atom stereocenters. The predicted octanol–water partition coefficient (Wildman–Crippen LogP) is 4.32. The first kappa shape index (κ1) is 33.8. The van der Waals surface area contributed by atoms with Gasteiger partial charge in [-0.25, -0.2) is 0 Å². The second-order valence-electron chi connectivity index (χ2n) is 11.7. The SMILES string of the molecule is CC(=O)N[C@H](C(=O)N[C@@H](CCC(C)C)C[C@H](O)[C@H](Cc1ccccc1)NC(=O)CCOc1ccc(C)cc1)C(C)C. The lowest BCUT2D eigenvalue weighted by molar-refractivity contribution is -0.130. The van der Waals surface area contributed by atoms with Gasteiger partial charge in [-0.1, -0.05) is 75.7 Å². The summed E-state index contributed by atoms with van der Waals surface area (Å²) in [6.45, 7) is 11.6. The molecule has 2 rings (SSSR count). The summed E-state index contributed by atoms with van der Waals surface area (Å²) in [5.41, 5.74) is 2.12. The Morgan fingerprint density at radius 1 is 0.878 bits per heavy atom. The largest absolute Gasteiger partial charge is 0.493 e. The fourth-order valence-corrected chi connectivity index (χ4v) is 4.61. The Morgan fingerprint density at radius 3 is 2.12 bits per heavy atom. The van der Waals surface area contributed by atoms with Gasteiger partial charge in [0.2, 0.25) is 17.7 Å². The van der Waals surface area contributed by atoms with E-state index < -0.39 is 18.2 Å². The van der Waals surface area contributed by atoms with Gasteiger partial charge < -0.3 is 25.8 Å². The number of benzene rings is 2. The zero-order valence-corrected chi connectivity index (χ0v) is 25.5. The Balaban J connectivity index is 2.11. The van der Waals surface area contributed by atoms with Crippen molar-refractivity contribution < 1.29 is 24.2 Å². The third-order valence-electron chi connectivity index (χ3n) is 7.00. The monoisotopic (exact) mass is 567 g/mol. The van der Waals surface area contributed by atoms with Crippen molar-refractivity contribution in [1.29, 1.82) is 0 Å². The maximum Gasteiger partial charge on any atom is 0.243 e. The molecule has 0 saturated carbocycles. The molecule has 8 nitrogen and oxygen atoms in total. The molecule has 0 aliphatic carbocycles. The smallest absolute Gasteiger partial charge is 0.243 e. The summed E-state index contributed by atoms with van der Waals surface area (Å²) in [5.74, 6) is 0.262. The fraction of sp³-hybridized carbons (Fsp3) is 0.545. The van der Waals surface area contributed by atoms with Crippen LogP contribution in [0.2, 0.25) is 0 Å². The Kier molecular flexibility index (Phi) is 14.4. The van der Waals surface area contributed by atoms with E-state index in [1.54, 1.807) is 0 Å². The van der Waals surface area contributed by atoms with Gasteiger partial charge >= 0.3 is 0 Å². The number of aliphatic hydroxyl groups excluding tert-OH is 1. The van der Waals surface area contributed by atoms with Crippen LogP contribution in [0.1, 0.15) is 71.4 Å². The van der Waals surface area contributed by atoms with Crippen LogP contribution in [0.3, 0.4) is 0 Å². The summed E-state index contributed by atoms with van der Waals surface area (Å²) in [6, 6.07) is 15.8. The maximum absolute atomic E-state index is 13.2. The summed E-state index contributed by atoms with van der Waals surface area (Å²) >= 11 is 0. The van der Waals surface area contributed by atoms with Crippen molar-refractivity contribution in [2.45, 2.75) is 97.9 Å². The maximum atomic E-state index is 13.2. The molecule has 0 spiro atoms. The molecule has 41 heavy (non-hydrogen) atoms. The molecule has 0 aliphatic rings. The average molecular weight is 568 g/mol. The molecule has 8 heteroatoms. The van der Waals surface area contributed by atoms with Crippen LogP contribution in [0.5, 0.6) is 5.75 Å². The predicted molar refractivity (Wildman–Crippen MR) is 162 cm³/mol. The van der Waals surface area contributed by atoms with Crippen molar-refractivity contribution in [2.75, 3.05) is 6.61 Å². The van der Waals surface area contributed by atoms with Crippen LogP contribution < -0.4 is 20.7 Å². The van der Waals surface area contributed by atoms with E-state index in [1.807, 2.05) is 75.4 Å². The minimum atomic E-state index is -0.909. The highest BCUT2D eigenvalue weighted by molar-refractivity contribution is 5.87. The van der Waals surface area contributed by atoms with Crippen LogP contribution in [-0.2, 0) is 20.8 Å². The molecule has 2 aromatic rings. The first-order chi connectivity index (χ1) is 19.4. The topological polar surface area (TPSA) is 117 Å². The number of hydrogen-bond donors (Lipinski definition) is 4. The molecule has 0 fully saturated rings. The molecule has 3 amide bonds. The Hall–Kier alpha value is -3.39. The summed E-state index contributed by atoms with van der Waals surface area (Å²) in [5, 5.41) is 20.2. The zero-order valence-electron chi connectivity index (χ0n) is 25.5. The number of aliphatic hydroxyl groups is 1. The number of nitrogens with one attached hydrogen (secondary N) is 3. The Labute approximate surface area is 245 Å². The highest BCUT2D eigenvalue weighted by atomic mass is 16.5. The second kappa shape index (κ2) is 17.4. The van der Waals surface area contributed by atoms with Gasteiger partial charge in [0.15, 0.2) is 0 Å². The van der Waals surface area contributed by atoms with Gasteiger partial charge in [-0.05, 0) is 62.1 Å². The molecule has 0 radical (unpaired) electrons. The number of hydrogen-bond acceptors (Lipinski definition) is 5. The van der Waals surface area contributed by atoms with Gasteiger partial charge in [-0.2, -0.15) is 0 Å². The second-order valence-corrected chi connectivity index (χ2v) is 11.7. The number of rotatable bonds is 17. The molecule has 0 aliphatic heterocycles. The van der Waals surface area contributed by atoms with Gasteiger partial charge in [-0.3, -0.25) is 14.4 Å². The molecule has 4 N–H and O–H groups in total. The molecule has 0 unspecified atom stereocenters. The minimum absolute atomic E-state index is 0.0955. The van der Waals surface area contributed by atoms with Crippen molar-refractivity contribution in [3.05, 3.63) is 65.7 Å². The zero-order chi connectivity index (χ0) is 30.4. The molecule has 2 aromatic carbocycles. The van der Waals surface area contributed by atoms with Gasteiger partial charge in [0.1, 0.15) is 11.8 Å². The third kappa shape index (κ3) is 13.2. The molecule has 0 aromatic heterocycles. The van der Waals surface area contributed by atoms with Crippen LogP contribution >= 0.6 is 0 Å². The van der Waals surface area contributed by atoms with E-state index >= 15 is 0 Å². The van der Waals surface area contributed by atoms with Crippen LogP contribution in [0.4, 0.5) is 0 Å². The molecular formula is C33H49N3O5. The van der Waals surface area contributed by atoms with Crippen molar-refractivity contribution >= 4 is 17.7 Å². The van der Waals surface area contributed by atoms with Crippen molar-refractivity contribution in [2.24, 2.45) is 11.8 Å². The van der Waals surface area contributed by atoms with E-state index in [4.69, 9.17) is 4.74 Å². The standard InChI is InChI=1S/C33H49N3O5/c1-22(2)12-15-27(35-33(40)32(23(3)4)34-25(6)37)21-30(38)29(20-26-10-8-7-9-11-26)36-31(39)18-19-41-28-16-13-24(5)14-17-28/h7-11,13-14,16-17,22-23,27,29-30,32,38H,12,15,18-21H2,1-6H3,(H,34,37)(H,35,40)(H,36,39)/t27-,29-,30-,32-/m0/s1. The number of aryl methyl sites for hydroxylation is 1. The van der Waals surface area contributed by atoms with Crippen molar-refractivity contribution in [3.8, 4) is 5.75 Å². The quantitative estimate of drug-likeness (QED) is 0.227. The van der Waals surface area contributed by atoms with Gasteiger partial charge in [-0.15, -0.1) is 0 Å². The van der Waals surface area contributed by atoms with E-state index in [1.165, 1.54) is 6.92 Å². The normalized spacial score (nSPS) is 14.2. The lowest BCUT2D eigenvalue weighted by Gasteiger charge is -2.30. The van der Waals surface area contributed by atoms with E-state index in [9.17, 15) is 19.5 Å². The summed E-state index contributed by atoms with van der Waals surface area (Å²) in [6.07, 6.45) is 1.47. The van der Waals surface area contributed by atoms with Crippen LogP contribution in [-0.4, -0.2) is 53.7 Å². The molecule has 226 valence electrons. The van der Waals surface area contributed by atoms with E-state index in [-0.39, 0.29) is 49.1 Å². The van der Waals surface area contributed by atoms with Crippen LogP contribution in [0.15, 0.2) is 54.6 Å². The van der Waals surface area contributed by atoms with Crippen LogP contribution in [0.25, 0.3) is 0 Å².